The number of hydrogen-bond donors (Lipinski definition) is 2. The van der Waals surface area contributed by atoms with E-state index in [2.05, 4.69) is 10.3 Å². The van der Waals surface area contributed by atoms with Gasteiger partial charge in [-0.3, -0.25) is 9.78 Å². The molecule has 2 aromatic carbocycles. The van der Waals surface area contributed by atoms with Crippen molar-refractivity contribution in [2.75, 3.05) is 0 Å². The molecule has 3 aromatic rings. The van der Waals surface area contributed by atoms with Gasteiger partial charge in [0.1, 0.15) is 5.82 Å². The minimum Gasteiger partial charge on any atom is -0.345 e. The number of halogens is 1. The van der Waals surface area contributed by atoms with E-state index in [0.29, 0.717) is 22.2 Å². The van der Waals surface area contributed by atoms with Gasteiger partial charge in [-0.1, -0.05) is 12.1 Å². The van der Waals surface area contributed by atoms with Crippen LogP contribution in [-0.4, -0.2) is 19.3 Å². The summed E-state index contributed by atoms with van der Waals surface area (Å²) in [5.74, 6) is -0.711. The first-order chi connectivity index (χ1) is 12.6. The van der Waals surface area contributed by atoms with Crippen molar-refractivity contribution in [2.24, 2.45) is 5.14 Å². The van der Waals surface area contributed by atoms with Crippen molar-refractivity contribution in [3.8, 4) is 0 Å². The Balaban J connectivity index is 1.83. The first-order valence-electron chi connectivity index (χ1n) is 8.15. The Kier molecular flexibility index (Phi) is 4.95. The lowest BCUT2D eigenvalue weighted by Crippen LogP contribution is -2.27. The summed E-state index contributed by atoms with van der Waals surface area (Å²) < 4.78 is 36.0. The third-order valence-corrected chi connectivity index (χ3v) is 5.20. The number of sulfonamides is 1. The molecule has 0 aliphatic carbocycles. The summed E-state index contributed by atoms with van der Waals surface area (Å²) in [6, 6.07) is 11.5. The van der Waals surface area contributed by atoms with E-state index in [0.717, 1.165) is 5.56 Å². The summed E-state index contributed by atoms with van der Waals surface area (Å²) in [6.45, 7) is 3.47. The zero-order valence-electron chi connectivity index (χ0n) is 14.7. The molecule has 8 heteroatoms. The van der Waals surface area contributed by atoms with Gasteiger partial charge < -0.3 is 5.32 Å². The fourth-order valence-electron chi connectivity index (χ4n) is 2.77. The maximum Gasteiger partial charge on any atom is 0.253 e. The van der Waals surface area contributed by atoms with Gasteiger partial charge in [-0.05, 0) is 49.7 Å². The fourth-order valence-corrected chi connectivity index (χ4v) is 3.29. The zero-order chi connectivity index (χ0) is 19.8. The highest BCUT2D eigenvalue weighted by Crippen LogP contribution is 2.20. The average molecular weight is 387 g/mol. The number of carbonyl (C=O) groups is 1. The van der Waals surface area contributed by atoms with Crippen molar-refractivity contribution in [3.63, 3.8) is 0 Å². The van der Waals surface area contributed by atoms with Gasteiger partial charge in [-0.25, -0.2) is 17.9 Å². The maximum absolute atomic E-state index is 13.3. The quantitative estimate of drug-likeness (QED) is 0.718. The number of carbonyl (C=O) groups excluding carboxylic acids is 1. The van der Waals surface area contributed by atoms with Crippen LogP contribution in [0, 0.1) is 12.7 Å². The number of benzene rings is 2. The molecule has 6 nitrogen and oxygen atoms in total. The van der Waals surface area contributed by atoms with Gasteiger partial charge in [0.05, 0.1) is 27.7 Å². The number of nitrogens with zero attached hydrogens (tertiary/aromatic N) is 1. The molecule has 1 aromatic heterocycles. The lowest BCUT2D eigenvalue weighted by Gasteiger charge is -2.16. The fraction of sp³-hybridized carbons (Fsp3) is 0.158. The van der Waals surface area contributed by atoms with Crippen LogP contribution in [0.5, 0.6) is 0 Å². The van der Waals surface area contributed by atoms with Gasteiger partial charge in [0.2, 0.25) is 10.0 Å². The van der Waals surface area contributed by atoms with Crippen LogP contribution in [-0.2, 0) is 10.0 Å². The van der Waals surface area contributed by atoms with Crippen LogP contribution in [0.25, 0.3) is 10.9 Å². The van der Waals surface area contributed by atoms with Gasteiger partial charge in [-0.2, -0.15) is 0 Å². The molecule has 0 fully saturated rings. The molecule has 3 N–H and O–H groups in total. The standard InChI is InChI=1S/C19H18FN3O3S/c1-11(13-4-7-16(8-5-13)27(21,25)26)23-19(24)17-9-14-3-6-15(20)10-18(14)22-12(17)2/h3-11H,1-2H3,(H,23,24)(H2,21,25,26). The number of primary sulfonamides is 1. The van der Waals surface area contributed by atoms with Crippen molar-refractivity contribution in [3.05, 3.63) is 71.2 Å². The van der Waals surface area contributed by atoms with Crippen molar-refractivity contribution in [1.29, 1.82) is 0 Å². The molecule has 27 heavy (non-hydrogen) atoms. The summed E-state index contributed by atoms with van der Waals surface area (Å²) in [6.07, 6.45) is 0. The van der Waals surface area contributed by atoms with Crippen LogP contribution in [0.2, 0.25) is 0 Å². The van der Waals surface area contributed by atoms with E-state index in [1.165, 1.54) is 24.3 Å². The van der Waals surface area contributed by atoms with Crippen LogP contribution in [0.1, 0.15) is 34.6 Å². The van der Waals surface area contributed by atoms with Crippen LogP contribution in [0.3, 0.4) is 0 Å². The summed E-state index contributed by atoms with van der Waals surface area (Å²) in [5.41, 5.74) is 2.09. The van der Waals surface area contributed by atoms with Crippen LogP contribution in [0.4, 0.5) is 4.39 Å². The minimum atomic E-state index is -3.76. The van der Waals surface area contributed by atoms with Gasteiger partial charge in [0.25, 0.3) is 5.91 Å². The third-order valence-electron chi connectivity index (χ3n) is 4.27. The maximum atomic E-state index is 13.3. The normalized spacial score (nSPS) is 12.7. The van der Waals surface area contributed by atoms with Crippen molar-refractivity contribution in [1.82, 2.24) is 10.3 Å². The molecule has 1 unspecified atom stereocenters. The topological polar surface area (TPSA) is 102 Å². The van der Waals surface area contributed by atoms with E-state index in [4.69, 9.17) is 5.14 Å². The lowest BCUT2D eigenvalue weighted by atomic mass is 10.1. The van der Waals surface area contributed by atoms with Gasteiger partial charge in [0, 0.05) is 11.5 Å². The highest BCUT2D eigenvalue weighted by Gasteiger charge is 2.16. The van der Waals surface area contributed by atoms with Crippen molar-refractivity contribution < 1.29 is 17.6 Å². The number of rotatable bonds is 4. The summed E-state index contributed by atoms with van der Waals surface area (Å²) in [7, 11) is -3.76. The highest BCUT2D eigenvalue weighted by atomic mass is 32.2. The lowest BCUT2D eigenvalue weighted by molar-refractivity contribution is 0.0939. The second-order valence-corrected chi connectivity index (χ2v) is 7.83. The molecule has 0 saturated heterocycles. The minimum absolute atomic E-state index is 0.00609. The SMILES string of the molecule is Cc1nc2cc(F)ccc2cc1C(=O)NC(C)c1ccc(S(N)(=O)=O)cc1. The zero-order valence-corrected chi connectivity index (χ0v) is 15.5. The molecule has 1 atom stereocenters. The number of pyridine rings is 1. The molecular weight excluding hydrogens is 369 g/mol. The molecule has 1 amide bonds. The Morgan fingerprint density at radius 1 is 1.15 bits per heavy atom. The largest absolute Gasteiger partial charge is 0.345 e. The van der Waals surface area contributed by atoms with Crippen molar-refractivity contribution >= 4 is 26.8 Å². The number of nitrogens with one attached hydrogen (secondary N) is 1. The number of aromatic nitrogens is 1. The number of nitrogens with two attached hydrogens (primary N) is 1. The molecule has 1 heterocycles. The van der Waals surface area contributed by atoms with Gasteiger partial charge in [0.15, 0.2) is 0 Å². The van der Waals surface area contributed by atoms with Gasteiger partial charge >= 0.3 is 0 Å². The molecule has 0 aliphatic rings. The third kappa shape index (κ3) is 4.12. The summed E-state index contributed by atoms with van der Waals surface area (Å²) in [5, 5.41) is 8.60. The molecule has 0 aliphatic heterocycles. The molecule has 0 radical (unpaired) electrons. The molecule has 3 rings (SSSR count). The average Bonchev–Trinajstić information content (AvgIpc) is 2.60. The molecule has 140 valence electrons. The molecular formula is C19H18FN3O3S. The van der Waals surface area contributed by atoms with Crippen LogP contribution in [0.15, 0.2) is 53.4 Å². The number of fused-ring (bicyclic) bond motifs is 1. The van der Waals surface area contributed by atoms with Gasteiger partial charge in [-0.15, -0.1) is 0 Å². The predicted molar refractivity (Wildman–Crippen MR) is 100 cm³/mol. The Labute approximate surface area is 156 Å². The molecule has 0 spiro atoms. The van der Waals surface area contributed by atoms with E-state index in [1.54, 1.807) is 38.1 Å². The Morgan fingerprint density at radius 3 is 2.44 bits per heavy atom. The number of hydrogen-bond acceptors (Lipinski definition) is 4. The van der Waals surface area contributed by atoms with Crippen molar-refractivity contribution in [2.45, 2.75) is 24.8 Å². The van der Waals surface area contributed by atoms with E-state index >= 15 is 0 Å². The van der Waals surface area contributed by atoms with E-state index in [9.17, 15) is 17.6 Å². The van der Waals surface area contributed by atoms with E-state index in [-0.39, 0.29) is 22.7 Å². The van der Waals surface area contributed by atoms with E-state index in [1.807, 2.05) is 0 Å². The summed E-state index contributed by atoms with van der Waals surface area (Å²) in [4.78, 5) is 16.9. The highest BCUT2D eigenvalue weighted by molar-refractivity contribution is 7.89. The Morgan fingerprint density at radius 2 is 1.81 bits per heavy atom. The number of amides is 1. The summed E-state index contributed by atoms with van der Waals surface area (Å²) >= 11 is 0. The van der Waals surface area contributed by atoms with Crippen LogP contribution < -0.4 is 10.5 Å². The second-order valence-electron chi connectivity index (χ2n) is 6.27. The monoisotopic (exact) mass is 387 g/mol. The molecule has 0 bridgehead atoms. The predicted octanol–water partition coefficient (Wildman–Crippen LogP) is 2.82. The Hall–Kier alpha value is -2.84. The van der Waals surface area contributed by atoms with E-state index < -0.39 is 10.0 Å². The second kappa shape index (κ2) is 7.05. The first kappa shape index (κ1) is 18.9. The number of aryl methyl sites for hydroxylation is 1. The Bertz CT molecular complexity index is 1130. The smallest absolute Gasteiger partial charge is 0.253 e. The van der Waals surface area contributed by atoms with Crippen LogP contribution >= 0.6 is 0 Å². The first-order valence-corrected chi connectivity index (χ1v) is 9.70. The molecule has 0 saturated carbocycles.